The lowest BCUT2D eigenvalue weighted by molar-refractivity contribution is -0.140. The highest BCUT2D eigenvalue weighted by Gasteiger charge is 2.30. The molecule has 0 spiro atoms. The standard InChI is InChI=1S/C11H22N2O4/c1-7(2)8(9(15)16)12-10(17)13(5)11(3,4)6-14/h7-8,14H,6H2,1-5H3,(H,12,17)(H,15,16)/t8-/m1/s1. The minimum Gasteiger partial charge on any atom is -0.480 e. The lowest BCUT2D eigenvalue weighted by atomic mass is 10.0. The van der Waals surface area contributed by atoms with Gasteiger partial charge in [0.1, 0.15) is 6.04 Å². The maximum absolute atomic E-state index is 11.8. The number of carbonyl (C=O) groups excluding carboxylic acids is 1. The number of likely N-dealkylation sites (N-methyl/N-ethyl adjacent to an activating group) is 1. The van der Waals surface area contributed by atoms with E-state index in [1.165, 1.54) is 11.9 Å². The molecule has 2 amide bonds. The fourth-order valence-electron chi connectivity index (χ4n) is 1.12. The fraction of sp³-hybridized carbons (Fsp3) is 0.818. The van der Waals surface area contributed by atoms with Crippen LogP contribution in [-0.2, 0) is 4.79 Å². The van der Waals surface area contributed by atoms with Crippen molar-refractivity contribution in [2.75, 3.05) is 13.7 Å². The summed E-state index contributed by atoms with van der Waals surface area (Å²) in [6.07, 6.45) is 0. The number of hydrogen-bond acceptors (Lipinski definition) is 3. The van der Waals surface area contributed by atoms with Gasteiger partial charge in [0.25, 0.3) is 0 Å². The third-order valence-corrected chi connectivity index (χ3v) is 2.81. The predicted octanol–water partition coefficient (Wildman–Crippen LogP) is 0.508. The van der Waals surface area contributed by atoms with Crippen LogP contribution in [0.5, 0.6) is 0 Å². The number of carboxylic acids is 1. The number of nitrogens with zero attached hydrogens (tertiary/aromatic N) is 1. The summed E-state index contributed by atoms with van der Waals surface area (Å²) in [5.74, 6) is -1.27. The molecule has 0 unspecified atom stereocenters. The average molecular weight is 246 g/mol. The van der Waals surface area contributed by atoms with Crippen molar-refractivity contribution < 1.29 is 19.8 Å². The Labute approximate surface area is 102 Å². The molecule has 0 rings (SSSR count). The van der Waals surface area contributed by atoms with Crippen LogP contribution in [0.2, 0.25) is 0 Å². The Morgan fingerprint density at radius 1 is 1.35 bits per heavy atom. The van der Waals surface area contributed by atoms with Crippen LogP contribution < -0.4 is 5.32 Å². The second-order valence-electron chi connectivity index (χ2n) is 5.04. The topological polar surface area (TPSA) is 89.9 Å². The van der Waals surface area contributed by atoms with Crippen molar-refractivity contribution >= 4 is 12.0 Å². The van der Waals surface area contributed by atoms with E-state index in [2.05, 4.69) is 5.32 Å². The van der Waals surface area contributed by atoms with Crippen molar-refractivity contribution in [2.45, 2.75) is 39.3 Å². The van der Waals surface area contributed by atoms with Crippen LogP contribution in [-0.4, -0.2) is 52.3 Å². The van der Waals surface area contributed by atoms with Crippen molar-refractivity contribution in [1.29, 1.82) is 0 Å². The molecule has 6 nitrogen and oxygen atoms in total. The van der Waals surface area contributed by atoms with Crippen LogP contribution in [0.3, 0.4) is 0 Å². The van der Waals surface area contributed by atoms with Crippen LogP contribution in [0, 0.1) is 5.92 Å². The molecule has 0 saturated heterocycles. The number of aliphatic hydroxyl groups is 1. The molecule has 0 radical (unpaired) electrons. The van der Waals surface area contributed by atoms with Crippen LogP contribution in [0.1, 0.15) is 27.7 Å². The molecule has 6 heteroatoms. The zero-order chi connectivity index (χ0) is 13.8. The van der Waals surface area contributed by atoms with E-state index in [4.69, 9.17) is 10.2 Å². The van der Waals surface area contributed by atoms with E-state index < -0.39 is 23.6 Å². The highest BCUT2D eigenvalue weighted by atomic mass is 16.4. The van der Waals surface area contributed by atoms with Gasteiger partial charge in [0.15, 0.2) is 0 Å². The van der Waals surface area contributed by atoms with Gasteiger partial charge in [-0.2, -0.15) is 0 Å². The summed E-state index contributed by atoms with van der Waals surface area (Å²) in [5, 5.41) is 20.5. The normalized spacial score (nSPS) is 13.4. The molecule has 1 atom stereocenters. The molecule has 0 saturated carbocycles. The van der Waals surface area contributed by atoms with Gasteiger partial charge in [0.05, 0.1) is 12.1 Å². The highest BCUT2D eigenvalue weighted by molar-refractivity contribution is 5.83. The SMILES string of the molecule is CC(C)[C@@H](NC(=O)N(C)C(C)(C)CO)C(=O)O. The molecule has 0 heterocycles. The minimum atomic E-state index is -1.07. The van der Waals surface area contributed by atoms with Gasteiger partial charge in [-0.05, 0) is 19.8 Å². The summed E-state index contributed by atoms with van der Waals surface area (Å²) >= 11 is 0. The third-order valence-electron chi connectivity index (χ3n) is 2.81. The van der Waals surface area contributed by atoms with Gasteiger partial charge in [-0.1, -0.05) is 13.8 Å². The number of aliphatic hydroxyl groups excluding tert-OH is 1. The number of hydrogen-bond donors (Lipinski definition) is 3. The van der Waals surface area contributed by atoms with Gasteiger partial charge in [0.2, 0.25) is 0 Å². The average Bonchev–Trinajstić information content (AvgIpc) is 2.23. The van der Waals surface area contributed by atoms with Crippen molar-refractivity contribution in [3.05, 3.63) is 0 Å². The van der Waals surface area contributed by atoms with Crippen LogP contribution in [0.25, 0.3) is 0 Å². The summed E-state index contributed by atoms with van der Waals surface area (Å²) < 4.78 is 0. The van der Waals surface area contributed by atoms with E-state index in [0.29, 0.717) is 0 Å². The Kier molecular flexibility index (Phi) is 5.41. The quantitative estimate of drug-likeness (QED) is 0.659. The van der Waals surface area contributed by atoms with Gasteiger partial charge in [0, 0.05) is 7.05 Å². The van der Waals surface area contributed by atoms with E-state index in [1.54, 1.807) is 27.7 Å². The molecular formula is C11H22N2O4. The second kappa shape index (κ2) is 5.86. The molecule has 0 aromatic rings. The zero-order valence-electron chi connectivity index (χ0n) is 11.0. The molecule has 0 bridgehead atoms. The van der Waals surface area contributed by atoms with Gasteiger partial charge < -0.3 is 20.4 Å². The number of rotatable bonds is 5. The number of aliphatic carboxylic acids is 1. The molecule has 0 aliphatic carbocycles. The fourth-order valence-corrected chi connectivity index (χ4v) is 1.12. The highest BCUT2D eigenvalue weighted by Crippen LogP contribution is 2.12. The summed E-state index contributed by atoms with van der Waals surface area (Å²) in [7, 11) is 1.52. The molecule has 0 aromatic heterocycles. The number of carbonyl (C=O) groups is 2. The third kappa shape index (κ3) is 4.22. The Hall–Kier alpha value is -1.30. The number of amides is 2. The van der Waals surface area contributed by atoms with Crippen molar-refractivity contribution in [1.82, 2.24) is 10.2 Å². The largest absolute Gasteiger partial charge is 0.480 e. The zero-order valence-corrected chi connectivity index (χ0v) is 11.0. The first-order valence-electron chi connectivity index (χ1n) is 5.51. The number of carboxylic acid groups (broad SMARTS) is 1. The van der Waals surface area contributed by atoms with Crippen LogP contribution in [0.15, 0.2) is 0 Å². The molecule has 0 aromatic carbocycles. The smallest absolute Gasteiger partial charge is 0.326 e. The van der Waals surface area contributed by atoms with E-state index in [1.807, 2.05) is 0 Å². The molecular weight excluding hydrogens is 224 g/mol. The van der Waals surface area contributed by atoms with Crippen molar-refractivity contribution in [2.24, 2.45) is 5.92 Å². The number of nitrogens with one attached hydrogen (secondary N) is 1. The van der Waals surface area contributed by atoms with Gasteiger partial charge >= 0.3 is 12.0 Å². The maximum atomic E-state index is 11.8. The first-order chi connectivity index (χ1) is 7.63. The van der Waals surface area contributed by atoms with E-state index in [-0.39, 0.29) is 12.5 Å². The maximum Gasteiger partial charge on any atom is 0.326 e. The summed E-state index contributed by atoms with van der Waals surface area (Å²) in [4.78, 5) is 24.0. The summed E-state index contributed by atoms with van der Waals surface area (Å²) in [6.45, 7) is 6.62. The van der Waals surface area contributed by atoms with Crippen molar-refractivity contribution in [3.63, 3.8) is 0 Å². The molecule has 17 heavy (non-hydrogen) atoms. The molecule has 0 aliphatic rings. The first-order valence-corrected chi connectivity index (χ1v) is 5.51. The van der Waals surface area contributed by atoms with E-state index in [0.717, 1.165) is 0 Å². The minimum absolute atomic E-state index is 0.198. The monoisotopic (exact) mass is 246 g/mol. The van der Waals surface area contributed by atoms with Gasteiger partial charge in [-0.15, -0.1) is 0 Å². The lowest BCUT2D eigenvalue weighted by Gasteiger charge is -2.35. The van der Waals surface area contributed by atoms with Gasteiger partial charge in [-0.25, -0.2) is 9.59 Å². The van der Waals surface area contributed by atoms with Crippen LogP contribution >= 0.6 is 0 Å². The Morgan fingerprint density at radius 2 is 1.82 bits per heavy atom. The molecule has 0 fully saturated rings. The molecule has 0 aliphatic heterocycles. The van der Waals surface area contributed by atoms with E-state index in [9.17, 15) is 9.59 Å². The number of urea groups is 1. The first kappa shape index (κ1) is 15.7. The Balaban J connectivity index is 4.68. The van der Waals surface area contributed by atoms with Crippen molar-refractivity contribution in [3.8, 4) is 0 Å². The van der Waals surface area contributed by atoms with E-state index >= 15 is 0 Å². The molecule has 100 valence electrons. The molecule has 3 N–H and O–H groups in total. The summed E-state index contributed by atoms with van der Waals surface area (Å²) in [6, 6.07) is -1.44. The van der Waals surface area contributed by atoms with Gasteiger partial charge in [-0.3, -0.25) is 0 Å². The predicted molar refractivity (Wildman–Crippen MR) is 63.7 cm³/mol. The lowest BCUT2D eigenvalue weighted by Crippen LogP contribution is -2.56. The summed E-state index contributed by atoms with van der Waals surface area (Å²) in [5.41, 5.74) is -0.732. The second-order valence-corrected chi connectivity index (χ2v) is 5.04. The Bertz CT molecular complexity index is 289. The Morgan fingerprint density at radius 3 is 2.12 bits per heavy atom. The van der Waals surface area contributed by atoms with Crippen LogP contribution in [0.4, 0.5) is 4.79 Å².